The minimum Gasteiger partial charge on any atom is -0.444 e. The molecule has 0 N–H and O–H groups in total. The molecule has 0 saturated carbocycles. The normalized spacial score (nSPS) is 9.82. The first-order chi connectivity index (χ1) is 5.47. The van der Waals surface area contributed by atoms with Gasteiger partial charge in [0.1, 0.15) is 0 Å². The molecule has 1 heterocycles. The molecule has 2 aromatic rings. The Bertz CT molecular complexity index is 313. The Morgan fingerprint density at radius 2 is 2.45 bits per heavy atom. The topological polar surface area (TPSA) is 26.0 Å². The van der Waals surface area contributed by atoms with E-state index in [4.69, 9.17) is 4.42 Å². The molecule has 0 unspecified atom stereocenters. The summed E-state index contributed by atoms with van der Waals surface area (Å²) in [6, 6.07) is 10.5. The van der Waals surface area contributed by atoms with E-state index in [-0.39, 0.29) is 0 Å². The van der Waals surface area contributed by atoms with Crippen molar-refractivity contribution in [3.8, 4) is 11.3 Å². The average molecular weight is 144 g/mol. The van der Waals surface area contributed by atoms with E-state index in [1.165, 1.54) is 6.39 Å². The Morgan fingerprint density at radius 3 is 3.09 bits per heavy atom. The predicted octanol–water partition coefficient (Wildman–Crippen LogP) is 2.14. The maximum absolute atomic E-state index is 5.09. The Labute approximate surface area is 64.5 Å². The summed E-state index contributed by atoms with van der Waals surface area (Å²) < 4.78 is 5.09. The molecule has 0 amide bonds. The minimum absolute atomic E-state index is 0.779. The van der Waals surface area contributed by atoms with Gasteiger partial charge < -0.3 is 4.42 Å². The second-order valence-corrected chi connectivity index (χ2v) is 2.16. The summed E-state index contributed by atoms with van der Waals surface area (Å²) in [5, 5.41) is 0. The molecule has 0 atom stereocenters. The number of oxazole rings is 1. The van der Waals surface area contributed by atoms with Crippen molar-refractivity contribution >= 4 is 0 Å². The van der Waals surface area contributed by atoms with E-state index in [1.54, 1.807) is 6.20 Å². The van der Waals surface area contributed by atoms with Gasteiger partial charge in [-0.2, -0.15) is 0 Å². The van der Waals surface area contributed by atoms with Crippen LogP contribution in [0.4, 0.5) is 0 Å². The van der Waals surface area contributed by atoms with Crippen LogP contribution in [-0.2, 0) is 0 Å². The molecule has 1 aromatic carbocycles. The van der Waals surface area contributed by atoms with Gasteiger partial charge in [0.05, 0.1) is 6.20 Å². The molecule has 0 aliphatic rings. The monoisotopic (exact) mass is 144 g/mol. The Hall–Kier alpha value is -1.57. The third kappa shape index (κ3) is 1.15. The largest absolute Gasteiger partial charge is 0.444 e. The first-order valence-electron chi connectivity index (χ1n) is 3.32. The minimum atomic E-state index is 0.779. The van der Waals surface area contributed by atoms with Crippen LogP contribution in [0.2, 0.25) is 0 Å². The molecule has 1 radical (unpaired) electrons. The molecule has 0 bridgehead atoms. The first-order valence-corrected chi connectivity index (χ1v) is 3.32. The molecular formula is C9H6NO. The number of hydrogen-bond acceptors (Lipinski definition) is 2. The fraction of sp³-hybridized carbons (Fsp3) is 0. The smallest absolute Gasteiger partial charge is 0.181 e. The van der Waals surface area contributed by atoms with Gasteiger partial charge in [-0.05, 0) is 12.1 Å². The lowest BCUT2D eigenvalue weighted by Crippen LogP contribution is -1.69. The summed E-state index contributed by atoms with van der Waals surface area (Å²) in [7, 11) is 0. The molecule has 0 spiro atoms. The fourth-order valence-corrected chi connectivity index (χ4v) is 0.905. The molecule has 1 aromatic heterocycles. The van der Waals surface area contributed by atoms with Crippen LogP contribution in [0.15, 0.2) is 41.3 Å². The molecule has 2 nitrogen and oxygen atoms in total. The van der Waals surface area contributed by atoms with Crippen molar-refractivity contribution in [3.05, 3.63) is 42.9 Å². The van der Waals surface area contributed by atoms with Gasteiger partial charge in [-0.25, -0.2) is 4.98 Å². The molecule has 0 aliphatic carbocycles. The number of nitrogens with zero attached hydrogens (tertiary/aromatic N) is 1. The van der Waals surface area contributed by atoms with Crippen molar-refractivity contribution in [1.29, 1.82) is 0 Å². The highest BCUT2D eigenvalue weighted by atomic mass is 16.3. The molecule has 0 aliphatic heterocycles. The highest BCUT2D eigenvalue weighted by Crippen LogP contribution is 2.16. The Morgan fingerprint density at radius 1 is 1.45 bits per heavy atom. The van der Waals surface area contributed by atoms with Crippen molar-refractivity contribution in [3.63, 3.8) is 0 Å². The average Bonchev–Trinajstić information content (AvgIpc) is 2.58. The van der Waals surface area contributed by atoms with Crippen LogP contribution in [0.25, 0.3) is 11.3 Å². The van der Waals surface area contributed by atoms with Crippen LogP contribution in [0.3, 0.4) is 0 Å². The van der Waals surface area contributed by atoms with Crippen LogP contribution in [0.1, 0.15) is 0 Å². The van der Waals surface area contributed by atoms with Crippen molar-refractivity contribution < 1.29 is 4.42 Å². The summed E-state index contributed by atoms with van der Waals surface area (Å²) in [6.45, 7) is 0. The molecule has 11 heavy (non-hydrogen) atoms. The maximum atomic E-state index is 5.09. The molecule has 53 valence electrons. The van der Waals surface area contributed by atoms with Crippen molar-refractivity contribution in [2.24, 2.45) is 0 Å². The van der Waals surface area contributed by atoms with E-state index >= 15 is 0 Å². The van der Waals surface area contributed by atoms with Gasteiger partial charge in [0.2, 0.25) is 0 Å². The molecule has 2 rings (SSSR count). The lowest BCUT2D eigenvalue weighted by molar-refractivity contribution is 0.572. The van der Waals surface area contributed by atoms with Crippen molar-refractivity contribution in [2.75, 3.05) is 0 Å². The standard InChI is InChI=1S/C9H6NO/c1-2-4-8(5-3-1)9-6-10-7-11-9/h1-2,4-7H. The summed E-state index contributed by atoms with van der Waals surface area (Å²) in [5.74, 6) is 0.779. The zero-order valence-electron chi connectivity index (χ0n) is 5.82. The quantitative estimate of drug-likeness (QED) is 0.612. The lowest BCUT2D eigenvalue weighted by atomic mass is 10.2. The van der Waals surface area contributed by atoms with Gasteiger partial charge >= 0.3 is 0 Å². The third-order valence-corrected chi connectivity index (χ3v) is 1.42. The van der Waals surface area contributed by atoms with Gasteiger partial charge in [-0.1, -0.05) is 18.2 Å². The fourth-order valence-electron chi connectivity index (χ4n) is 0.905. The summed E-state index contributed by atoms with van der Waals surface area (Å²) in [4.78, 5) is 3.82. The maximum Gasteiger partial charge on any atom is 0.181 e. The first kappa shape index (κ1) is 6.16. The molecular weight excluding hydrogens is 138 g/mol. The predicted molar refractivity (Wildman–Crippen MR) is 40.8 cm³/mol. The van der Waals surface area contributed by atoms with Crippen LogP contribution < -0.4 is 0 Å². The van der Waals surface area contributed by atoms with E-state index in [1.807, 2.05) is 24.3 Å². The highest BCUT2D eigenvalue weighted by molar-refractivity contribution is 5.55. The van der Waals surface area contributed by atoms with Gasteiger partial charge in [0.15, 0.2) is 12.2 Å². The van der Waals surface area contributed by atoms with Gasteiger partial charge in [-0.3, -0.25) is 0 Å². The van der Waals surface area contributed by atoms with E-state index < -0.39 is 0 Å². The van der Waals surface area contributed by atoms with Crippen LogP contribution in [-0.4, -0.2) is 4.98 Å². The zero-order chi connectivity index (χ0) is 7.52. The van der Waals surface area contributed by atoms with Gasteiger partial charge in [0, 0.05) is 5.56 Å². The summed E-state index contributed by atoms with van der Waals surface area (Å²) in [6.07, 6.45) is 3.10. The van der Waals surface area contributed by atoms with Gasteiger partial charge in [-0.15, -0.1) is 0 Å². The van der Waals surface area contributed by atoms with E-state index in [9.17, 15) is 0 Å². The Kier molecular flexibility index (Phi) is 1.44. The third-order valence-electron chi connectivity index (χ3n) is 1.42. The summed E-state index contributed by atoms with van der Waals surface area (Å²) >= 11 is 0. The second-order valence-electron chi connectivity index (χ2n) is 2.16. The van der Waals surface area contributed by atoms with E-state index in [0.29, 0.717) is 0 Å². The summed E-state index contributed by atoms with van der Waals surface area (Å²) in [5.41, 5.74) is 1.00. The van der Waals surface area contributed by atoms with E-state index in [0.717, 1.165) is 11.3 Å². The van der Waals surface area contributed by atoms with Crippen LogP contribution >= 0.6 is 0 Å². The number of rotatable bonds is 1. The van der Waals surface area contributed by atoms with Crippen molar-refractivity contribution in [1.82, 2.24) is 4.98 Å². The Balaban J connectivity index is 2.46. The second kappa shape index (κ2) is 2.58. The van der Waals surface area contributed by atoms with E-state index in [2.05, 4.69) is 11.1 Å². The van der Waals surface area contributed by atoms with Crippen LogP contribution in [0, 0.1) is 6.07 Å². The van der Waals surface area contributed by atoms with Gasteiger partial charge in [0.25, 0.3) is 0 Å². The molecule has 0 fully saturated rings. The molecule has 0 saturated heterocycles. The highest BCUT2D eigenvalue weighted by Gasteiger charge is 1.97. The lowest BCUT2D eigenvalue weighted by Gasteiger charge is -1.91. The number of aromatic nitrogens is 1. The molecule has 2 heteroatoms. The number of benzene rings is 1. The zero-order valence-corrected chi connectivity index (χ0v) is 5.82. The number of hydrogen-bond donors (Lipinski definition) is 0. The van der Waals surface area contributed by atoms with Crippen molar-refractivity contribution in [2.45, 2.75) is 0 Å². The van der Waals surface area contributed by atoms with Crippen LogP contribution in [0.5, 0.6) is 0 Å². The SMILES string of the molecule is [c]1cccc(-c2cnco2)c1.